The summed E-state index contributed by atoms with van der Waals surface area (Å²) >= 11 is 0. The van der Waals surface area contributed by atoms with Crippen LogP contribution in [0.5, 0.6) is 0 Å². The van der Waals surface area contributed by atoms with Crippen molar-refractivity contribution in [1.29, 1.82) is 0 Å². The van der Waals surface area contributed by atoms with Gasteiger partial charge < -0.3 is 5.73 Å². The van der Waals surface area contributed by atoms with Crippen LogP contribution in [0.2, 0.25) is 0 Å². The molecule has 0 aliphatic carbocycles. The number of fused-ring (bicyclic) bond motifs is 2. The number of rotatable bonds is 5. The second-order valence-corrected chi connectivity index (χ2v) is 8.33. The van der Waals surface area contributed by atoms with Crippen LogP contribution in [0, 0.1) is 0 Å². The first-order valence-corrected chi connectivity index (χ1v) is 11.1. The summed E-state index contributed by atoms with van der Waals surface area (Å²) in [6, 6.07) is 39.4. The Morgan fingerprint density at radius 1 is 0.581 bits per heavy atom. The van der Waals surface area contributed by atoms with Gasteiger partial charge in [0.1, 0.15) is 0 Å². The van der Waals surface area contributed by atoms with Crippen molar-refractivity contribution in [2.45, 2.75) is 25.2 Å². The molecule has 0 saturated carbocycles. The first-order valence-electron chi connectivity index (χ1n) is 11.1. The van der Waals surface area contributed by atoms with Crippen molar-refractivity contribution in [3.8, 4) is 0 Å². The Bertz CT molecular complexity index is 1260. The Morgan fingerprint density at radius 3 is 1.58 bits per heavy atom. The van der Waals surface area contributed by atoms with E-state index in [1.54, 1.807) is 0 Å². The number of anilines is 1. The third kappa shape index (κ3) is 3.18. The molecule has 0 fully saturated rings. The first-order chi connectivity index (χ1) is 15.2. The van der Waals surface area contributed by atoms with E-state index in [-0.39, 0.29) is 5.41 Å². The Kier molecular flexibility index (Phi) is 4.95. The standard InChI is InChI=1S/C30H27N/c1-2-21-30(24-17-19-25(31)20-18-24,28-15-7-11-22-9-3-5-13-26(22)28)29-16-8-12-23-10-4-6-14-27(23)29/h3-20H,2,21,31H2,1H3. The van der Waals surface area contributed by atoms with Gasteiger partial charge in [-0.25, -0.2) is 0 Å². The van der Waals surface area contributed by atoms with Crippen LogP contribution in [-0.2, 0) is 5.41 Å². The summed E-state index contributed by atoms with van der Waals surface area (Å²) in [5.74, 6) is 0. The highest BCUT2D eigenvalue weighted by Crippen LogP contribution is 2.47. The number of hydrogen-bond acceptors (Lipinski definition) is 1. The fraction of sp³-hybridized carbons (Fsp3) is 0.133. The summed E-state index contributed by atoms with van der Waals surface area (Å²) in [7, 11) is 0. The number of nitrogen functional groups attached to an aromatic ring is 1. The SMILES string of the molecule is CCCC(c1ccc(N)cc1)(c1cccc2ccccc12)c1cccc2ccccc12. The van der Waals surface area contributed by atoms with Gasteiger partial charge in [0.2, 0.25) is 0 Å². The summed E-state index contributed by atoms with van der Waals surface area (Å²) in [6.45, 7) is 2.28. The van der Waals surface area contributed by atoms with E-state index in [1.807, 2.05) is 12.1 Å². The summed E-state index contributed by atoms with van der Waals surface area (Å²) in [5.41, 5.74) is 10.6. The monoisotopic (exact) mass is 401 g/mol. The molecular weight excluding hydrogens is 374 g/mol. The van der Waals surface area contributed by atoms with E-state index in [9.17, 15) is 0 Å². The van der Waals surface area contributed by atoms with E-state index in [0.717, 1.165) is 18.5 Å². The Morgan fingerprint density at radius 2 is 1.06 bits per heavy atom. The van der Waals surface area contributed by atoms with Crippen molar-refractivity contribution >= 4 is 27.2 Å². The van der Waals surface area contributed by atoms with E-state index in [4.69, 9.17) is 5.73 Å². The topological polar surface area (TPSA) is 26.0 Å². The molecule has 0 radical (unpaired) electrons. The van der Waals surface area contributed by atoms with E-state index in [0.29, 0.717) is 0 Å². The third-order valence-corrected chi connectivity index (χ3v) is 6.53. The van der Waals surface area contributed by atoms with E-state index >= 15 is 0 Å². The molecule has 1 heteroatoms. The maximum Gasteiger partial charge on any atom is 0.0463 e. The van der Waals surface area contributed by atoms with Gasteiger partial charge in [-0.3, -0.25) is 0 Å². The van der Waals surface area contributed by atoms with Gasteiger partial charge in [-0.15, -0.1) is 0 Å². The van der Waals surface area contributed by atoms with Crippen molar-refractivity contribution in [1.82, 2.24) is 0 Å². The lowest BCUT2D eigenvalue weighted by Crippen LogP contribution is -2.30. The molecule has 0 aromatic heterocycles. The summed E-state index contributed by atoms with van der Waals surface area (Å²) in [5, 5.41) is 5.17. The van der Waals surface area contributed by atoms with Gasteiger partial charge in [0.05, 0.1) is 0 Å². The zero-order valence-corrected chi connectivity index (χ0v) is 17.9. The van der Waals surface area contributed by atoms with Gasteiger partial charge in [0, 0.05) is 11.1 Å². The van der Waals surface area contributed by atoms with Gasteiger partial charge in [-0.05, 0) is 56.8 Å². The predicted molar refractivity (Wildman–Crippen MR) is 134 cm³/mol. The predicted octanol–water partition coefficient (Wildman–Crippen LogP) is 7.71. The minimum Gasteiger partial charge on any atom is -0.399 e. The first kappa shape index (κ1) is 19.4. The molecule has 5 aromatic rings. The average Bonchev–Trinajstić information content (AvgIpc) is 2.83. The lowest BCUT2D eigenvalue weighted by molar-refractivity contribution is 0.558. The Hall–Kier alpha value is -3.58. The summed E-state index contributed by atoms with van der Waals surface area (Å²) in [6.07, 6.45) is 2.08. The van der Waals surface area contributed by atoms with E-state index in [1.165, 1.54) is 38.2 Å². The maximum absolute atomic E-state index is 6.10. The van der Waals surface area contributed by atoms with Gasteiger partial charge >= 0.3 is 0 Å². The molecule has 2 N–H and O–H groups in total. The minimum atomic E-state index is -0.274. The molecule has 0 amide bonds. The molecule has 5 rings (SSSR count). The van der Waals surface area contributed by atoms with Gasteiger partial charge in [0.25, 0.3) is 0 Å². The summed E-state index contributed by atoms with van der Waals surface area (Å²) in [4.78, 5) is 0. The van der Waals surface area contributed by atoms with Gasteiger partial charge in [-0.1, -0.05) is 110 Å². The number of nitrogens with two attached hydrogens (primary N) is 1. The molecule has 31 heavy (non-hydrogen) atoms. The second kappa shape index (κ2) is 7.92. The summed E-state index contributed by atoms with van der Waals surface area (Å²) < 4.78 is 0. The largest absolute Gasteiger partial charge is 0.399 e. The van der Waals surface area contributed by atoms with Crippen LogP contribution in [0.25, 0.3) is 21.5 Å². The molecule has 152 valence electrons. The number of hydrogen-bond donors (Lipinski definition) is 1. The smallest absolute Gasteiger partial charge is 0.0463 e. The van der Waals surface area contributed by atoms with Crippen molar-refractivity contribution in [3.63, 3.8) is 0 Å². The highest BCUT2D eigenvalue weighted by atomic mass is 14.5. The molecule has 5 aromatic carbocycles. The maximum atomic E-state index is 6.10. The van der Waals surface area contributed by atoms with Crippen molar-refractivity contribution < 1.29 is 0 Å². The van der Waals surface area contributed by atoms with Crippen LogP contribution in [0.3, 0.4) is 0 Å². The molecule has 0 aliphatic heterocycles. The van der Waals surface area contributed by atoms with Crippen LogP contribution in [0.4, 0.5) is 5.69 Å². The van der Waals surface area contributed by atoms with Crippen LogP contribution in [0.15, 0.2) is 109 Å². The molecular formula is C30H27N. The molecule has 0 bridgehead atoms. The highest BCUT2D eigenvalue weighted by molar-refractivity contribution is 5.92. The zero-order valence-electron chi connectivity index (χ0n) is 17.9. The van der Waals surface area contributed by atoms with Crippen LogP contribution < -0.4 is 5.73 Å². The molecule has 0 saturated heterocycles. The normalized spacial score (nSPS) is 11.8. The fourth-order valence-corrected chi connectivity index (χ4v) is 5.21. The molecule has 0 spiro atoms. The van der Waals surface area contributed by atoms with Crippen LogP contribution in [-0.4, -0.2) is 0 Å². The van der Waals surface area contributed by atoms with E-state index < -0.39 is 0 Å². The van der Waals surface area contributed by atoms with Crippen LogP contribution in [0.1, 0.15) is 36.5 Å². The number of benzene rings is 5. The van der Waals surface area contributed by atoms with Crippen molar-refractivity contribution in [2.75, 3.05) is 5.73 Å². The lowest BCUT2D eigenvalue weighted by atomic mass is 9.64. The quantitative estimate of drug-likeness (QED) is 0.237. The second-order valence-electron chi connectivity index (χ2n) is 8.33. The Labute approximate surface area is 184 Å². The minimum absolute atomic E-state index is 0.274. The molecule has 1 nitrogen and oxygen atoms in total. The highest BCUT2D eigenvalue weighted by Gasteiger charge is 2.37. The van der Waals surface area contributed by atoms with E-state index in [2.05, 4.69) is 104 Å². The molecule has 0 atom stereocenters. The molecule has 0 unspecified atom stereocenters. The third-order valence-electron chi connectivity index (χ3n) is 6.53. The van der Waals surface area contributed by atoms with Crippen molar-refractivity contribution in [3.05, 3.63) is 126 Å². The zero-order chi connectivity index (χ0) is 21.3. The van der Waals surface area contributed by atoms with Gasteiger partial charge in [0.15, 0.2) is 0 Å². The van der Waals surface area contributed by atoms with Crippen molar-refractivity contribution in [2.24, 2.45) is 0 Å². The van der Waals surface area contributed by atoms with Crippen LogP contribution >= 0.6 is 0 Å². The molecule has 0 heterocycles. The van der Waals surface area contributed by atoms with Gasteiger partial charge in [-0.2, -0.15) is 0 Å². The molecule has 0 aliphatic rings. The lowest BCUT2D eigenvalue weighted by Gasteiger charge is -2.38. The average molecular weight is 402 g/mol. The Balaban J connectivity index is 1.95. The fourth-order valence-electron chi connectivity index (χ4n) is 5.21.